The van der Waals surface area contributed by atoms with Gasteiger partial charge in [-0.2, -0.15) is 0 Å². The Labute approximate surface area is 123 Å². The Bertz CT molecular complexity index is 616. The van der Waals surface area contributed by atoms with Crippen LogP contribution >= 0.6 is 15.9 Å². The first kappa shape index (κ1) is 14.1. The molecule has 19 heavy (non-hydrogen) atoms. The number of nitrogens with two attached hydrogens (primary N) is 1. The average Bonchev–Trinajstić information content (AvgIpc) is 2.41. The maximum absolute atomic E-state index is 12.4. The van der Waals surface area contributed by atoms with E-state index in [4.69, 9.17) is 10.5 Å². The van der Waals surface area contributed by atoms with Gasteiger partial charge in [0.1, 0.15) is 5.75 Å². The number of nitrogen functional groups attached to an aromatic ring is 1. The Hall–Kier alpha value is -1.33. The first-order valence-electron chi connectivity index (χ1n) is 5.67. The van der Waals surface area contributed by atoms with Gasteiger partial charge in [0.05, 0.1) is 28.6 Å². The van der Waals surface area contributed by atoms with Gasteiger partial charge in [-0.3, -0.25) is 4.21 Å². The van der Waals surface area contributed by atoms with Gasteiger partial charge < -0.3 is 10.5 Å². The highest BCUT2D eigenvalue weighted by Crippen LogP contribution is 2.27. The molecule has 0 aliphatic rings. The summed E-state index contributed by atoms with van der Waals surface area (Å²) in [4.78, 5) is 0.779. The van der Waals surface area contributed by atoms with E-state index < -0.39 is 10.8 Å². The van der Waals surface area contributed by atoms with Crippen LogP contribution in [-0.2, 0) is 16.6 Å². The lowest BCUT2D eigenvalue weighted by Gasteiger charge is -2.10. The molecule has 1 atom stereocenters. The van der Waals surface area contributed by atoms with Gasteiger partial charge in [0, 0.05) is 21.8 Å². The van der Waals surface area contributed by atoms with Crippen molar-refractivity contribution in [1.29, 1.82) is 0 Å². The summed E-state index contributed by atoms with van der Waals surface area (Å²) in [5.74, 6) is 1.06. The summed E-state index contributed by atoms with van der Waals surface area (Å²) in [6.45, 7) is 0. The molecule has 0 heterocycles. The standard InChI is InChI=1S/C14H14BrNO2S/c1-18-13-8-11(16)7-6-10(13)9-19(17)14-5-3-2-4-12(14)15/h2-8H,9,16H2,1H3. The molecular formula is C14H14BrNO2S. The summed E-state index contributed by atoms with van der Waals surface area (Å²) in [5, 5.41) is 0. The van der Waals surface area contributed by atoms with Gasteiger partial charge in [-0.05, 0) is 34.1 Å². The maximum atomic E-state index is 12.4. The predicted octanol–water partition coefficient (Wildman–Crippen LogP) is 3.35. The van der Waals surface area contributed by atoms with E-state index >= 15 is 0 Å². The molecule has 2 rings (SSSR count). The predicted molar refractivity (Wildman–Crippen MR) is 81.7 cm³/mol. The second kappa shape index (κ2) is 6.21. The molecule has 0 saturated heterocycles. The summed E-state index contributed by atoms with van der Waals surface area (Å²) in [6.07, 6.45) is 0. The number of benzene rings is 2. The van der Waals surface area contributed by atoms with Crippen molar-refractivity contribution in [1.82, 2.24) is 0 Å². The topological polar surface area (TPSA) is 52.3 Å². The van der Waals surface area contributed by atoms with Crippen molar-refractivity contribution in [2.45, 2.75) is 10.6 Å². The molecule has 2 aromatic carbocycles. The number of rotatable bonds is 4. The monoisotopic (exact) mass is 339 g/mol. The summed E-state index contributed by atoms with van der Waals surface area (Å²) in [7, 11) is 0.451. The van der Waals surface area contributed by atoms with Crippen molar-refractivity contribution < 1.29 is 8.95 Å². The van der Waals surface area contributed by atoms with Crippen LogP contribution in [0, 0.1) is 0 Å². The van der Waals surface area contributed by atoms with Gasteiger partial charge in [0.25, 0.3) is 0 Å². The normalized spacial score (nSPS) is 12.1. The lowest BCUT2D eigenvalue weighted by atomic mass is 10.2. The fraction of sp³-hybridized carbons (Fsp3) is 0.143. The first-order chi connectivity index (χ1) is 9.11. The van der Waals surface area contributed by atoms with Crippen LogP contribution in [0.1, 0.15) is 5.56 Å². The van der Waals surface area contributed by atoms with Crippen molar-refractivity contribution in [3.05, 3.63) is 52.5 Å². The van der Waals surface area contributed by atoms with Gasteiger partial charge in [-0.15, -0.1) is 0 Å². The third kappa shape index (κ3) is 3.36. The Morgan fingerprint density at radius 2 is 2.00 bits per heavy atom. The maximum Gasteiger partial charge on any atom is 0.125 e. The molecular weight excluding hydrogens is 326 g/mol. The Morgan fingerprint density at radius 3 is 2.68 bits per heavy atom. The van der Waals surface area contributed by atoms with Gasteiger partial charge in [0.15, 0.2) is 0 Å². The minimum Gasteiger partial charge on any atom is -0.496 e. The van der Waals surface area contributed by atoms with Crippen LogP contribution in [0.15, 0.2) is 51.8 Å². The van der Waals surface area contributed by atoms with E-state index in [2.05, 4.69) is 15.9 Å². The van der Waals surface area contributed by atoms with Gasteiger partial charge in [-0.1, -0.05) is 18.2 Å². The number of anilines is 1. The Morgan fingerprint density at radius 1 is 1.26 bits per heavy atom. The molecule has 0 aliphatic carbocycles. The van der Waals surface area contributed by atoms with Gasteiger partial charge in [-0.25, -0.2) is 0 Å². The van der Waals surface area contributed by atoms with Crippen molar-refractivity contribution in [2.24, 2.45) is 0 Å². The van der Waals surface area contributed by atoms with Crippen LogP contribution in [0.2, 0.25) is 0 Å². The van der Waals surface area contributed by atoms with Crippen LogP contribution in [0.4, 0.5) is 5.69 Å². The molecule has 100 valence electrons. The van der Waals surface area contributed by atoms with E-state index in [-0.39, 0.29) is 0 Å². The lowest BCUT2D eigenvalue weighted by Crippen LogP contribution is -2.00. The molecule has 1 unspecified atom stereocenters. The van der Waals surface area contributed by atoms with Crippen molar-refractivity contribution in [3.63, 3.8) is 0 Å². The molecule has 3 nitrogen and oxygen atoms in total. The van der Waals surface area contributed by atoms with E-state index in [1.54, 1.807) is 19.2 Å². The molecule has 0 bridgehead atoms. The zero-order chi connectivity index (χ0) is 13.8. The second-order valence-corrected chi connectivity index (χ2v) is 6.27. The molecule has 0 aromatic heterocycles. The highest BCUT2D eigenvalue weighted by molar-refractivity contribution is 9.10. The number of halogens is 1. The van der Waals surface area contributed by atoms with Crippen LogP contribution in [-0.4, -0.2) is 11.3 Å². The fourth-order valence-corrected chi connectivity index (χ4v) is 3.75. The third-order valence-electron chi connectivity index (χ3n) is 2.68. The molecule has 0 aliphatic heterocycles. The molecule has 0 fully saturated rings. The SMILES string of the molecule is COc1cc(N)ccc1CS(=O)c1ccccc1Br. The smallest absolute Gasteiger partial charge is 0.125 e. The summed E-state index contributed by atoms with van der Waals surface area (Å²) >= 11 is 3.41. The zero-order valence-corrected chi connectivity index (χ0v) is 12.8. The van der Waals surface area contributed by atoms with E-state index in [1.165, 1.54) is 0 Å². The summed E-state index contributed by atoms with van der Waals surface area (Å²) in [5.41, 5.74) is 7.22. The second-order valence-electron chi connectivity index (χ2n) is 3.99. The van der Waals surface area contributed by atoms with Crippen LogP contribution < -0.4 is 10.5 Å². The molecule has 0 radical (unpaired) electrons. The first-order valence-corrected chi connectivity index (χ1v) is 7.78. The minimum absolute atomic E-state index is 0.395. The fourth-order valence-electron chi connectivity index (χ4n) is 1.73. The van der Waals surface area contributed by atoms with E-state index in [0.717, 1.165) is 14.9 Å². The van der Waals surface area contributed by atoms with Crippen LogP contribution in [0.5, 0.6) is 5.75 Å². The van der Waals surface area contributed by atoms with E-state index in [0.29, 0.717) is 17.2 Å². The van der Waals surface area contributed by atoms with Crippen LogP contribution in [0.3, 0.4) is 0 Å². The lowest BCUT2D eigenvalue weighted by molar-refractivity contribution is 0.411. The molecule has 0 amide bonds. The molecule has 2 N–H and O–H groups in total. The highest BCUT2D eigenvalue weighted by Gasteiger charge is 2.12. The van der Waals surface area contributed by atoms with Crippen molar-refractivity contribution in [2.75, 3.05) is 12.8 Å². The zero-order valence-electron chi connectivity index (χ0n) is 10.4. The molecule has 0 spiro atoms. The van der Waals surface area contributed by atoms with Gasteiger partial charge in [0.2, 0.25) is 0 Å². The van der Waals surface area contributed by atoms with Crippen LogP contribution in [0.25, 0.3) is 0 Å². The molecule has 0 saturated carbocycles. The summed E-state index contributed by atoms with van der Waals surface area (Å²) < 4.78 is 18.5. The number of hydrogen-bond donors (Lipinski definition) is 1. The van der Waals surface area contributed by atoms with Crippen molar-refractivity contribution >= 4 is 32.4 Å². The minimum atomic E-state index is -1.13. The molecule has 5 heteroatoms. The van der Waals surface area contributed by atoms with E-state index in [9.17, 15) is 4.21 Å². The highest BCUT2D eigenvalue weighted by atomic mass is 79.9. The number of hydrogen-bond acceptors (Lipinski definition) is 3. The Kier molecular flexibility index (Phi) is 4.61. The quantitative estimate of drug-likeness (QED) is 0.869. The largest absolute Gasteiger partial charge is 0.496 e. The Balaban J connectivity index is 2.27. The van der Waals surface area contributed by atoms with Crippen molar-refractivity contribution in [3.8, 4) is 5.75 Å². The molecule has 2 aromatic rings. The number of ether oxygens (including phenoxy) is 1. The third-order valence-corrected chi connectivity index (χ3v) is 5.05. The summed E-state index contributed by atoms with van der Waals surface area (Å²) in [6, 6.07) is 12.9. The van der Waals surface area contributed by atoms with Gasteiger partial charge >= 0.3 is 0 Å². The van der Waals surface area contributed by atoms with E-state index in [1.807, 2.05) is 30.3 Å². The average molecular weight is 340 g/mol. The number of methoxy groups -OCH3 is 1.